The zero-order valence-corrected chi connectivity index (χ0v) is 7.71. The summed E-state index contributed by atoms with van der Waals surface area (Å²) in [6, 6.07) is 0. The molecule has 0 spiro atoms. The second kappa shape index (κ2) is 5.96. The largest absolute Gasteiger partial charge is 0.176 e. The van der Waals surface area contributed by atoms with Crippen molar-refractivity contribution in [2.24, 2.45) is 0 Å². The third kappa shape index (κ3) is 4.98. The van der Waals surface area contributed by atoms with Gasteiger partial charge in [0.25, 0.3) is 0 Å². The first-order valence-electron chi connectivity index (χ1n) is 3.05. The fraction of sp³-hybridized carbons (Fsp3) is 1.00. The van der Waals surface area contributed by atoms with E-state index in [1.165, 1.54) is 19.3 Å². The second-order valence-electron chi connectivity index (χ2n) is 1.92. The quantitative estimate of drug-likeness (QED) is 0.520. The second-order valence-corrected chi connectivity index (χ2v) is 3.44. The van der Waals surface area contributed by atoms with Crippen LogP contribution in [-0.4, -0.2) is 10.6 Å². The molecular formula is C6H13BrS. The molecular weight excluding hydrogens is 184 g/mol. The fourth-order valence-corrected chi connectivity index (χ4v) is 1.90. The van der Waals surface area contributed by atoms with Gasteiger partial charge in [-0.05, 0) is 12.8 Å². The fourth-order valence-electron chi connectivity index (χ4n) is 0.604. The minimum Gasteiger partial charge on any atom is -0.176 e. The van der Waals surface area contributed by atoms with E-state index in [0.29, 0.717) is 5.25 Å². The normalized spacial score (nSPS) is 13.9. The van der Waals surface area contributed by atoms with E-state index in [1.54, 1.807) is 0 Å². The van der Waals surface area contributed by atoms with Gasteiger partial charge in [0.1, 0.15) is 0 Å². The van der Waals surface area contributed by atoms with Gasteiger partial charge in [-0.15, -0.1) is 0 Å². The van der Waals surface area contributed by atoms with Crippen molar-refractivity contribution in [1.29, 1.82) is 0 Å². The monoisotopic (exact) mass is 196 g/mol. The van der Waals surface area contributed by atoms with Gasteiger partial charge in [-0.1, -0.05) is 29.3 Å². The van der Waals surface area contributed by atoms with Crippen LogP contribution in [0.4, 0.5) is 0 Å². The molecule has 0 heterocycles. The lowest BCUT2D eigenvalue weighted by Gasteiger charge is -2.04. The van der Waals surface area contributed by atoms with Crippen LogP contribution in [0.25, 0.3) is 0 Å². The van der Waals surface area contributed by atoms with Gasteiger partial charge >= 0.3 is 0 Å². The Morgan fingerprint density at radius 2 is 2.12 bits per heavy atom. The maximum absolute atomic E-state index is 4.36. The summed E-state index contributed by atoms with van der Waals surface area (Å²) in [4.78, 5) is 0. The van der Waals surface area contributed by atoms with Crippen molar-refractivity contribution in [3.8, 4) is 0 Å². The molecule has 0 N–H and O–H groups in total. The Morgan fingerprint density at radius 1 is 1.50 bits per heavy atom. The highest BCUT2D eigenvalue weighted by Crippen LogP contribution is 2.09. The summed E-state index contributed by atoms with van der Waals surface area (Å²) in [5, 5.41) is 1.70. The van der Waals surface area contributed by atoms with Crippen molar-refractivity contribution in [2.75, 3.05) is 5.33 Å². The molecule has 1 unspecified atom stereocenters. The minimum absolute atomic E-state index is 0.611. The van der Waals surface area contributed by atoms with Crippen LogP contribution in [-0.2, 0) is 0 Å². The van der Waals surface area contributed by atoms with Crippen molar-refractivity contribution >= 4 is 28.6 Å². The van der Waals surface area contributed by atoms with E-state index in [4.69, 9.17) is 0 Å². The van der Waals surface area contributed by atoms with Crippen molar-refractivity contribution in [1.82, 2.24) is 0 Å². The van der Waals surface area contributed by atoms with Gasteiger partial charge in [-0.25, -0.2) is 0 Å². The standard InChI is InChI=1S/C6H13BrS/c1-2-3-6(8)4-5-7/h6,8H,2-5H2,1H3. The van der Waals surface area contributed by atoms with Crippen LogP contribution in [0.3, 0.4) is 0 Å². The van der Waals surface area contributed by atoms with Crippen LogP contribution in [0.2, 0.25) is 0 Å². The van der Waals surface area contributed by atoms with Crippen molar-refractivity contribution in [3.63, 3.8) is 0 Å². The predicted octanol–water partition coefficient (Wildman–Crippen LogP) is 2.87. The van der Waals surface area contributed by atoms with E-state index in [-0.39, 0.29) is 0 Å². The average molecular weight is 197 g/mol. The van der Waals surface area contributed by atoms with E-state index in [9.17, 15) is 0 Å². The molecule has 8 heavy (non-hydrogen) atoms. The Labute approximate surface area is 65.6 Å². The molecule has 0 amide bonds. The Morgan fingerprint density at radius 3 is 2.50 bits per heavy atom. The summed E-state index contributed by atoms with van der Waals surface area (Å²) in [7, 11) is 0. The lowest BCUT2D eigenvalue weighted by atomic mass is 10.2. The molecule has 0 aromatic rings. The van der Waals surface area contributed by atoms with E-state index in [1.807, 2.05) is 0 Å². The first kappa shape index (κ1) is 8.83. The number of hydrogen-bond acceptors (Lipinski definition) is 1. The first-order chi connectivity index (χ1) is 3.81. The van der Waals surface area contributed by atoms with Gasteiger partial charge in [-0.2, -0.15) is 12.6 Å². The summed E-state index contributed by atoms with van der Waals surface area (Å²) in [6.07, 6.45) is 3.69. The number of thiol groups is 1. The van der Waals surface area contributed by atoms with E-state index < -0.39 is 0 Å². The van der Waals surface area contributed by atoms with E-state index in [2.05, 4.69) is 35.5 Å². The molecule has 0 saturated carbocycles. The SMILES string of the molecule is CCCC(S)CCBr. The number of rotatable bonds is 4. The van der Waals surface area contributed by atoms with Crippen LogP contribution in [0, 0.1) is 0 Å². The van der Waals surface area contributed by atoms with Crippen LogP contribution < -0.4 is 0 Å². The molecule has 0 aliphatic carbocycles. The van der Waals surface area contributed by atoms with Gasteiger partial charge in [0.05, 0.1) is 0 Å². The molecule has 0 nitrogen and oxygen atoms in total. The Balaban J connectivity index is 2.92. The van der Waals surface area contributed by atoms with Crippen molar-refractivity contribution in [3.05, 3.63) is 0 Å². The highest BCUT2D eigenvalue weighted by Gasteiger charge is 1.97. The molecule has 1 atom stereocenters. The Hall–Kier alpha value is 0.830. The minimum atomic E-state index is 0.611. The van der Waals surface area contributed by atoms with Gasteiger partial charge in [-0.3, -0.25) is 0 Å². The highest BCUT2D eigenvalue weighted by molar-refractivity contribution is 9.09. The first-order valence-corrected chi connectivity index (χ1v) is 4.69. The summed E-state index contributed by atoms with van der Waals surface area (Å²) >= 11 is 7.73. The average Bonchev–Trinajstić information content (AvgIpc) is 1.68. The molecule has 0 aromatic carbocycles. The smallest absolute Gasteiger partial charge is 0.00417 e. The highest BCUT2D eigenvalue weighted by atomic mass is 79.9. The zero-order valence-electron chi connectivity index (χ0n) is 5.23. The molecule has 0 bridgehead atoms. The van der Waals surface area contributed by atoms with Gasteiger partial charge in [0, 0.05) is 10.6 Å². The summed E-state index contributed by atoms with van der Waals surface area (Å²) in [6.45, 7) is 2.19. The topological polar surface area (TPSA) is 0 Å². The van der Waals surface area contributed by atoms with E-state index >= 15 is 0 Å². The van der Waals surface area contributed by atoms with Gasteiger partial charge in [0.2, 0.25) is 0 Å². The molecule has 50 valence electrons. The molecule has 0 saturated heterocycles. The van der Waals surface area contributed by atoms with Crippen molar-refractivity contribution < 1.29 is 0 Å². The summed E-state index contributed by atoms with van der Waals surface area (Å²) in [5.74, 6) is 0. The van der Waals surface area contributed by atoms with Crippen molar-refractivity contribution in [2.45, 2.75) is 31.4 Å². The molecule has 2 heteroatoms. The zero-order chi connectivity index (χ0) is 6.41. The van der Waals surface area contributed by atoms with Crippen LogP contribution in [0.1, 0.15) is 26.2 Å². The number of alkyl halides is 1. The maximum atomic E-state index is 4.36. The molecule has 0 rings (SSSR count). The third-order valence-corrected chi connectivity index (χ3v) is 2.04. The van der Waals surface area contributed by atoms with Gasteiger partial charge in [0.15, 0.2) is 0 Å². The van der Waals surface area contributed by atoms with Gasteiger partial charge < -0.3 is 0 Å². The molecule has 0 aliphatic heterocycles. The van der Waals surface area contributed by atoms with Crippen LogP contribution in [0.15, 0.2) is 0 Å². The lowest BCUT2D eigenvalue weighted by molar-refractivity contribution is 0.730. The molecule has 0 aliphatic rings. The summed E-state index contributed by atoms with van der Waals surface area (Å²) in [5.41, 5.74) is 0. The third-order valence-electron chi connectivity index (χ3n) is 1.06. The Kier molecular flexibility index (Phi) is 6.58. The molecule has 0 fully saturated rings. The number of halogens is 1. The maximum Gasteiger partial charge on any atom is 0.00417 e. The van der Waals surface area contributed by atoms with E-state index in [0.717, 1.165) is 5.33 Å². The van der Waals surface area contributed by atoms with Crippen LogP contribution in [0.5, 0.6) is 0 Å². The molecule has 0 radical (unpaired) electrons. The Bertz CT molecular complexity index is 41.8. The number of hydrogen-bond donors (Lipinski definition) is 1. The van der Waals surface area contributed by atoms with Crippen LogP contribution >= 0.6 is 28.6 Å². The molecule has 0 aromatic heterocycles. The predicted molar refractivity (Wildman–Crippen MR) is 46.1 cm³/mol. The summed E-state index contributed by atoms with van der Waals surface area (Å²) < 4.78 is 0. The lowest BCUT2D eigenvalue weighted by Crippen LogP contribution is -1.97.